The molecule has 0 amide bonds. The monoisotopic (exact) mass is 360 g/mol. The van der Waals surface area contributed by atoms with Crippen LogP contribution in [0, 0.1) is 10.7 Å². The van der Waals surface area contributed by atoms with Gasteiger partial charge in [-0.2, -0.15) is 0 Å². The van der Waals surface area contributed by atoms with E-state index in [4.69, 9.17) is 21.3 Å². The minimum absolute atomic E-state index is 0.129. The minimum Gasteiger partial charge on any atom is -0.338 e. The molecule has 6 nitrogen and oxygen atoms in total. The lowest BCUT2D eigenvalue weighted by Gasteiger charge is -2.26. The first-order valence-electron chi connectivity index (χ1n) is 7.76. The maximum Gasteiger partial charge on any atom is 0.359 e. The fourth-order valence-corrected chi connectivity index (χ4v) is 4.96. The summed E-state index contributed by atoms with van der Waals surface area (Å²) in [5.74, 6) is -0.129. The molecule has 0 spiro atoms. The summed E-state index contributed by atoms with van der Waals surface area (Å²) in [4.78, 5) is 15.1. The highest BCUT2D eigenvalue weighted by Gasteiger charge is 2.35. The molecule has 0 atom stereocenters. The van der Waals surface area contributed by atoms with Crippen molar-refractivity contribution in [1.29, 1.82) is 0 Å². The first-order valence-corrected chi connectivity index (χ1v) is 9.71. The van der Waals surface area contributed by atoms with E-state index in [0.717, 1.165) is 0 Å². The number of nitrogens with zero attached hydrogens (tertiary/aromatic N) is 1. The molecule has 0 radical (unpaired) electrons. The molecule has 0 unspecified atom stereocenters. The van der Waals surface area contributed by atoms with Crippen LogP contribution < -0.4 is 5.56 Å². The fraction of sp³-hybridized carbons (Fsp3) is 0.600. The van der Waals surface area contributed by atoms with Crippen LogP contribution >= 0.6 is 19.8 Å². The zero-order valence-corrected chi connectivity index (χ0v) is 16.0. The molecule has 1 N–H and O–H groups in total. The van der Waals surface area contributed by atoms with Crippen LogP contribution in [0.4, 0.5) is 0 Å². The molecular weight excluding hydrogens is 335 g/mol. The summed E-state index contributed by atoms with van der Waals surface area (Å²) in [6.07, 6.45) is 1.97. The van der Waals surface area contributed by atoms with Crippen LogP contribution in [0.25, 0.3) is 5.70 Å². The van der Waals surface area contributed by atoms with E-state index in [1.807, 2.05) is 20.8 Å². The van der Waals surface area contributed by atoms with Crippen LogP contribution in [-0.4, -0.2) is 22.8 Å². The largest absolute Gasteiger partial charge is 0.359 e. The lowest BCUT2D eigenvalue weighted by atomic mass is 10.1. The van der Waals surface area contributed by atoms with Crippen LogP contribution in [0.1, 0.15) is 41.0 Å². The molecule has 0 fully saturated rings. The van der Waals surface area contributed by atoms with E-state index >= 15 is 0 Å². The summed E-state index contributed by atoms with van der Waals surface area (Å²) < 4.78 is 25.9. The van der Waals surface area contributed by atoms with Gasteiger partial charge in [0.15, 0.2) is 4.77 Å². The molecule has 0 aliphatic rings. The number of hydrogen-bond acceptors (Lipinski definition) is 5. The van der Waals surface area contributed by atoms with Crippen molar-refractivity contribution in [3.8, 4) is 0 Å². The van der Waals surface area contributed by atoms with Gasteiger partial charge in [-0.1, -0.05) is 20.8 Å². The normalized spacial score (nSPS) is 13.3. The Kier molecular flexibility index (Phi) is 7.61. The fourth-order valence-electron chi connectivity index (χ4n) is 2.46. The van der Waals surface area contributed by atoms with Crippen LogP contribution in [0.15, 0.2) is 22.4 Å². The van der Waals surface area contributed by atoms with Crippen molar-refractivity contribution in [2.24, 2.45) is 5.92 Å². The zero-order chi connectivity index (χ0) is 17.6. The maximum atomic E-state index is 13.3. The molecule has 0 aliphatic heterocycles. The van der Waals surface area contributed by atoms with Gasteiger partial charge in [0.2, 0.25) is 0 Å². The summed E-state index contributed by atoms with van der Waals surface area (Å²) >= 11 is 5.24. The number of allylic oxidation sites excluding steroid dienone is 2. The van der Waals surface area contributed by atoms with Gasteiger partial charge in [0, 0.05) is 18.0 Å². The highest BCUT2D eigenvalue weighted by molar-refractivity contribution is 7.71. The summed E-state index contributed by atoms with van der Waals surface area (Å²) in [6.45, 7) is 9.70. The van der Waals surface area contributed by atoms with Gasteiger partial charge < -0.3 is 14.0 Å². The first kappa shape index (κ1) is 20.0. The number of aromatic nitrogens is 2. The molecule has 130 valence electrons. The van der Waals surface area contributed by atoms with Crippen molar-refractivity contribution in [2.45, 2.75) is 41.0 Å². The molecule has 23 heavy (non-hydrogen) atoms. The third-order valence-electron chi connectivity index (χ3n) is 3.20. The third kappa shape index (κ3) is 4.51. The Bertz CT molecular complexity index is 682. The SMILES string of the molecule is CCOP(=O)(OCC)/C(=C(\CC)n1c(=O)cc[nH]c1=S)C(C)C. The van der Waals surface area contributed by atoms with Gasteiger partial charge in [-0.15, -0.1) is 0 Å². The minimum atomic E-state index is -3.50. The molecule has 1 aromatic heterocycles. The van der Waals surface area contributed by atoms with Crippen molar-refractivity contribution in [1.82, 2.24) is 9.55 Å². The summed E-state index contributed by atoms with van der Waals surface area (Å²) in [6, 6.07) is 1.38. The second kappa shape index (κ2) is 8.73. The molecule has 0 bridgehead atoms. The number of rotatable bonds is 8. The predicted octanol–water partition coefficient (Wildman–Crippen LogP) is 4.41. The van der Waals surface area contributed by atoms with E-state index in [1.54, 1.807) is 13.8 Å². The molecule has 8 heteroatoms. The maximum absolute atomic E-state index is 13.3. The van der Waals surface area contributed by atoms with Crippen LogP contribution in [0.2, 0.25) is 0 Å². The Hall–Kier alpha value is -1.01. The average molecular weight is 360 g/mol. The van der Waals surface area contributed by atoms with Crippen molar-refractivity contribution in [3.63, 3.8) is 0 Å². The second-order valence-electron chi connectivity index (χ2n) is 5.13. The van der Waals surface area contributed by atoms with Crippen molar-refractivity contribution in [2.75, 3.05) is 13.2 Å². The number of nitrogens with one attached hydrogen (secondary N) is 1. The number of aromatic amines is 1. The second-order valence-corrected chi connectivity index (χ2v) is 7.51. The molecule has 1 rings (SSSR count). The van der Waals surface area contributed by atoms with Gasteiger partial charge in [-0.05, 0) is 38.4 Å². The molecule has 0 saturated carbocycles. The van der Waals surface area contributed by atoms with Gasteiger partial charge in [0.25, 0.3) is 5.56 Å². The summed E-state index contributed by atoms with van der Waals surface area (Å²) in [5.41, 5.74) is 0.292. The van der Waals surface area contributed by atoms with Crippen molar-refractivity contribution >= 4 is 25.5 Å². The zero-order valence-electron chi connectivity index (χ0n) is 14.3. The Morgan fingerprint density at radius 2 is 1.87 bits per heavy atom. The Labute approximate surface area is 142 Å². The van der Waals surface area contributed by atoms with Gasteiger partial charge in [0.1, 0.15) is 0 Å². The van der Waals surface area contributed by atoms with Gasteiger partial charge in [-0.25, -0.2) is 0 Å². The summed E-state index contributed by atoms with van der Waals surface area (Å²) in [5, 5.41) is 0.497. The lowest BCUT2D eigenvalue weighted by molar-refractivity contribution is 0.224. The van der Waals surface area contributed by atoms with E-state index in [2.05, 4.69) is 4.98 Å². The van der Waals surface area contributed by atoms with Crippen LogP contribution in [0.3, 0.4) is 0 Å². The quantitative estimate of drug-likeness (QED) is 0.549. The highest BCUT2D eigenvalue weighted by Crippen LogP contribution is 2.60. The Morgan fingerprint density at radius 1 is 1.30 bits per heavy atom. The molecular formula is C15H25N2O4PS. The molecule has 0 aliphatic carbocycles. The smallest absolute Gasteiger partial charge is 0.338 e. The van der Waals surface area contributed by atoms with E-state index in [0.29, 0.717) is 17.4 Å². The average Bonchev–Trinajstić information content (AvgIpc) is 2.45. The molecule has 1 heterocycles. The Balaban J connectivity index is 3.79. The number of H-pyrrole nitrogens is 1. The van der Waals surface area contributed by atoms with E-state index in [9.17, 15) is 9.36 Å². The topological polar surface area (TPSA) is 73.3 Å². The van der Waals surface area contributed by atoms with E-state index in [-0.39, 0.29) is 29.5 Å². The van der Waals surface area contributed by atoms with Crippen LogP contribution in [-0.2, 0) is 13.6 Å². The first-order chi connectivity index (χ1) is 10.8. The molecule has 1 aromatic rings. The lowest BCUT2D eigenvalue weighted by Crippen LogP contribution is -2.22. The van der Waals surface area contributed by atoms with Crippen LogP contribution in [0.5, 0.6) is 0 Å². The van der Waals surface area contributed by atoms with Gasteiger partial charge in [-0.3, -0.25) is 13.9 Å². The number of hydrogen-bond donors (Lipinski definition) is 1. The summed E-state index contributed by atoms with van der Waals surface area (Å²) in [7, 11) is -3.50. The standard InChI is InChI=1S/C15H25N2O4PS/c1-6-12(17-13(18)9-10-16-15(17)23)14(11(4)5)22(19,20-7-2)21-8-3/h9-11H,6-8H2,1-5H3,(H,16,23)/b14-12+. The molecule has 0 aromatic carbocycles. The predicted molar refractivity (Wildman–Crippen MR) is 95.1 cm³/mol. The van der Waals surface area contributed by atoms with E-state index in [1.165, 1.54) is 16.8 Å². The Morgan fingerprint density at radius 3 is 2.26 bits per heavy atom. The van der Waals surface area contributed by atoms with Crippen molar-refractivity contribution in [3.05, 3.63) is 32.7 Å². The van der Waals surface area contributed by atoms with E-state index < -0.39 is 7.60 Å². The molecule has 0 saturated heterocycles. The van der Waals surface area contributed by atoms with Gasteiger partial charge in [0.05, 0.1) is 18.5 Å². The van der Waals surface area contributed by atoms with Gasteiger partial charge >= 0.3 is 7.60 Å². The van der Waals surface area contributed by atoms with Crippen molar-refractivity contribution < 1.29 is 13.6 Å². The third-order valence-corrected chi connectivity index (χ3v) is 6.06. The highest BCUT2D eigenvalue weighted by atomic mass is 32.1.